The van der Waals surface area contributed by atoms with Crippen molar-refractivity contribution < 1.29 is 9.53 Å². The molecule has 0 aliphatic carbocycles. The van der Waals surface area contributed by atoms with Crippen LogP contribution in [0.15, 0.2) is 58.3 Å². The second kappa shape index (κ2) is 6.35. The Hall–Kier alpha value is -3.39. The number of benzene rings is 2. The first-order valence-electron chi connectivity index (χ1n) is 8.74. The van der Waals surface area contributed by atoms with Crippen molar-refractivity contribution in [1.82, 2.24) is 4.57 Å². The van der Waals surface area contributed by atoms with E-state index in [-0.39, 0.29) is 11.5 Å². The van der Waals surface area contributed by atoms with Crippen LogP contribution in [0.25, 0.3) is 5.57 Å². The van der Waals surface area contributed by atoms with Crippen molar-refractivity contribution in [3.8, 4) is 5.75 Å². The third-order valence-corrected chi connectivity index (χ3v) is 5.99. The van der Waals surface area contributed by atoms with Gasteiger partial charge in [0.15, 0.2) is 4.80 Å². The molecular weight excluding hydrogens is 376 g/mol. The molecule has 140 valence electrons. The molecule has 28 heavy (non-hydrogen) atoms. The number of carbonyl (C=O) groups is 1. The topological polar surface area (TPSA) is 75.9 Å². The highest BCUT2D eigenvalue weighted by molar-refractivity contribution is 7.07. The fraction of sp³-hybridized carbons (Fsp3) is 0.150. The van der Waals surface area contributed by atoms with Crippen molar-refractivity contribution in [3.63, 3.8) is 0 Å². The fourth-order valence-corrected chi connectivity index (χ4v) is 4.52. The van der Waals surface area contributed by atoms with Crippen LogP contribution >= 0.6 is 11.3 Å². The van der Waals surface area contributed by atoms with E-state index in [4.69, 9.17) is 4.74 Å². The molecule has 5 rings (SSSR count). The summed E-state index contributed by atoms with van der Waals surface area (Å²) >= 11 is 1.26. The highest BCUT2D eigenvalue weighted by Crippen LogP contribution is 2.32. The Bertz CT molecular complexity index is 1280. The average Bonchev–Trinajstić information content (AvgIpc) is 3.23. The molecule has 0 atom stereocenters. The molecule has 1 aromatic heterocycles. The van der Waals surface area contributed by atoms with Gasteiger partial charge in [-0.25, -0.2) is 4.99 Å². The first-order valence-corrected chi connectivity index (χ1v) is 9.55. The van der Waals surface area contributed by atoms with E-state index in [1.807, 2.05) is 35.2 Å². The minimum absolute atomic E-state index is 0.204. The quantitative estimate of drug-likeness (QED) is 0.709. The molecule has 8 heteroatoms. The molecule has 0 saturated carbocycles. The number of nitrogens with zero attached hydrogens (tertiary/aromatic N) is 3. The van der Waals surface area contributed by atoms with Crippen LogP contribution in [0.3, 0.4) is 0 Å². The zero-order valence-corrected chi connectivity index (χ0v) is 15.8. The first kappa shape index (κ1) is 16.8. The van der Waals surface area contributed by atoms with Gasteiger partial charge in [-0.1, -0.05) is 29.5 Å². The van der Waals surface area contributed by atoms with Gasteiger partial charge in [-0.15, -0.1) is 0 Å². The summed E-state index contributed by atoms with van der Waals surface area (Å²) in [4.78, 5) is 33.0. The molecule has 3 aromatic rings. The Morgan fingerprint density at radius 1 is 1.14 bits per heavy atom. The van der Waals surface area contributed by atoms with Crippen LogP contribution in [0.1, 0.15) is 5.56 Å². The number of amides is 1. The molecule has 0 radical (unpaired) electrons. The average molecular weight is 392 g/mol. The zero-order chi connectivity index (χ0) is 19.3. The van der Waals surface area contributed by atoms with E-state index in [1.165, 1.54) is 11.3 Å². The van der Waals surface area contributed by atoms with Crippen molar-refractivity contribution in [3.05, 3.63) is 73.8 Å². The number of fused-ring (bicyclic) bond motifs is 2. The predicted octanol–water partition coefficient (Wildman–Crippen LogP) is 1.12. The van der Waals surface area contributed by atoms with Crippen LogP contribution in [0.4, 0.5) is 11.4 Å². The van der Waals surface area contributed by atoms with E-state index in [0.717, 1.165) is 5.69 Å². The second-order valence-corrected chi connectivity index (χ2v) is 7.48. The van der Waals surface area contributed by atoms with Crippen molar-refractivity contribution in [2.45, 2.75) is 6.67 Å². The Labute approximate surface area is 163 Å². The third kappa shape index (κ3) is 2.53. The van der Waals surface area contributed by atoms with Gasteiger partial charge in [0.25, 0.3) is 11.5 Å². The summed E-state index contributed by atoms with van der Waals surface area (Å²) < 4.78 is 7.30. The number of rotatable bonds is 2. The van der Waals surface area contributed by atoms with Crippen LogP contribution in [-0.2, 0) is 11.5 Å². The summed E-state index contributed by atoms with van der Waals surface area (Å²) in [5, 5.41) is 2.83. The van der Waals surface area contributed by atoms with Crippen LogP contribution in [0.5, 0.6) is 5.75 Å². The van der Waals surface area contributed by atoms with E-state index < -0.39 is 0 Å². The highest BCUT2D eigenvalue weighted by Gasteiger charge is 2.28. The van der Waals surface area contributed by atoms with Gasteiger partial charge in [0, 0.05) is 16.9 Å². The molecule has 0 fully saturated rings. The number of anilines is 2. The summed E-state index contributed by atoms with van der Waals surface area (Å²) in [7, 11) is 1.57. The lowest BCUT2D eigenvalue weighted by atomic mass is 10.1. The minimum atomic E-state index is -0.278. The third-order valence-electron chi connectivity index (χ3n) is 4.87. The summed E-state index contributed by atoms with van der Waals surface area (Å²) in [5.41, 5.74) is 2.54. The van der Waals surface area contributed by atoms with Crippen molar-refractivity contribution in [1.29, 1.82) is 0 Å². The van der Waals surface area contributed by atoms with Gasteiger partial charge >= 0.3 is 0 Å². The maximum absolute atomic E-state index is 13.1. The summed E-state index contributed by atoms with van der Waals surface area (Å²) in [5.74, 6) is 0.355. The van der Waals surface area contributed by atoms with Gasteiger partial charge in [-0.2, -0.15) is 0 Å². The second-order valence-electron chi connectivity index (χ2n) is 6.50. The molecular formula is C20H16N4O3S. The number of nitrogens with one attached hydrogen (secondary N) is 1. The standard InChI is InChI=1S/C20H16N4O3S/c1-27-13-7-8-15-14(9-13)16(18(25)22-15)17-19(26)24-11-23(10-21-20(24)28-17)12-5-3-2-4-6-12/h2-9H,10-11H2,1H3,(H,22,25)/b17-16-. The van der Waals surface area contributed by atoms with E-state index in [2.05, 4.69) is 10.3 Å². The molecule has 0 bridgehead atoms. The number of hydrogen-bond donors (Lipinski definition) is 1. The molecule has 0 saturated heterocycles. The largest absolute Gasteiger partial charge is 0.497 e. The number of carbonyl (C=O) groups excluding carboxylic acids is 1. The lowest BCUT2D eigenvalue weighted by Crippen LogP contribution is -2.43. The van der Waals surface area contributed by atoms with Crippen LogP contribution in [-0.4, -0.2) is 24.3 Å². The number of ether oxygens (including phenoxy) is 1. The van der Waals surface area contributed by atoms with Crippen molar-refractivity contribution in [2.24, 2.45) is 4.99 Å². The van der Waals surface area contributed by atoms with Gasteiger partial charge in [-0.05, 0) is 30.3 Å². The van der Waals surface area contributed by atoms with Gasteiger partial charge in [0.2, 0.25) is 0 Å². The predicted molar refractivity (Wildman–Crippen MR) is 107 cm³/mol. The van der Waals surface area contributed by atoms with E-state index >= 15 is 0 Å². The molecule has 1 N–H and O–H groups in total. The normalized spacial score (nSPS) is 16.9. The number of aromatic nitrogens is 1. The summed E-state index contributed by atoms with van der Waals surface area (Å²) in [6.07, 6.45) is 0. The minimum Gasteiger partial charge on any atom is -0.497 e. The SMILES string of the molecule is COc1ccc2c(c1)/C(=c1/sc3n(c1=O)CN(c1ccccc1)CN=3)C(=O)N2. The number of thiazole rings is 1. The number of para-hydroxylation sites is 1. The lowest BCUT2D eigenvalue weighted by Gasteiger charge is -2.25. The van der Waals surface area contributed by atoms with Gasteiger partial charge < -0.3 is 15.0 Å². The molecule has 0 spiro atoms. The maximum Gasteiger partial charge on any atom is 0.272 e. The lowest BCUT2D eigenvalue weighted by molar-refractivity contribution is -0.110. The molecule has 2 aliphatic rings. The molecule has 2 aromatic carbocycles. The summed E-state index contributed by atoms with van der Waals surface area (Å²) in [6.45, 7) is 0.868. The van der Waals surface area contributed by atoms with Crippen molar-refractivity contribution >= 4 is 34.2 Å². The Morgan fingerprint density at radius 3 is 2.75 bits per heavy atom. The van der Waals surface area contributed by atoms with Crippen LogP contribution < -0.4 is 29.8 Å². The van der Waals surface area contributed by atoms with Gasteiger partial charge in [0.05, 0.1) is 12.7 Å². The molecule has 3 heterocycles. The fourth-order valence-electron chi connectivity index (χ4n) is 3.46. The highest BCUT2D eigenvalue weighted by atomic mass is 32.1. The molecule has 1 amide bonds. The smallest absolute Gasteiger partial charge is 0.272 e. The Kier molecular flexibility index (Phi) is 3.80. The van der Waals surface area contributed by atoms with E-state index in [1.54, 1.807) is 29.9 Å². The molecule has 7 nitrogen and oxygen atoms in total. The van der Waals surface area contributed by atoms with Gasteiger partial charge in [-0.3, -0.25) is 14.2 Å². The van der Waals surface area contributed by atoms with Crippen LogP contribution in [0.2, 0.25) is 0 Å². The summed E-state index contributed by atoms with van der Waals surface area (Å²) in [6, 6.07) is 15.2. The number of methoxy groups -OCH3 is 1. The maximum atomic E-state index is 13.1. The Morgan fingerprint density at radius 2 is 1.96 bits per heavy atom. The monoisotopic (exact) mass is 392 g/mol. The van der Waals surface area contributed by atoms with E-state index in [9.17, 15) is 9.59 Å². The van der Waals surface area contributed by atoms with Crippen LogP contribution in [0, 0.1) is 0 Å². The number of hydrogen-bond acceptors (Lipinski definition) is 6. The first-order chi connectivity index (χ1) is 13.7. The molecule has 0 unspecified atom stereocenters. The van der Waals surface area contributed by atoms with Gasteiger partial charge in [0.1, 0.15) is 23.6 Å². The van der Waals surface area contributed by atoms with Crippen molar-refractivity contribution in [2.75, 3.05) is 24.0 Å². The zero-order valence-electron chi connectivity index (χ0n) is 15.0. The van der Waals surface area contributed by atoms with E-state index in [0.29, 0.717) is 45.2 Å². The Balaban J connectivity index is 1.67. The molecule has 2 aliphatic heterocycles.